The second-order valence-electron chi connectivity index (χ2n) is 5.84. The van der Waals surface area contributed by atoms with Crippen molar-refractivity contribution in [3.05, 3.63) is 0 Å². The van der Waals surface area contributed by atoms with Crippen LogP contribution in [0, 0.1) is 5.92 Å². The molecule has 21 heavy (non-hydrogen) atoms. The highest BCUT2D eigenvalue weighted by atomic mass is 16.5. The average Bonchev–Trinajstić information content (AvgIpc) is 2.96. The van der Waals surface area contributed by atoms with Gasteiger partial charge in [-0.1, -0.05) is 6.92 Å². The van der Waals surface area contributed by atoms with Crippen molar-refractivity contribution in [1.29, 1.82) is 0 Å². The maximum atomic E-state index is 12.3. The van der Waals surface area contributed by atoms with Crippen molar-refractivity contribution in [2.24, 2.45) is 5.92 Å². The fraction of sp³-hybridized carbons (Fsp3) is 0.857. The van der Waals surface area contributed by atoms with Gasteiger partial charge in [0, 0.05) is 19.6 Å². The Morgan fingerprint density at radius 1 is 1.43 bits per heavy atom. The summed E-state index contributed by atoms with van der Waals surface area (Å²) in [5.74, 6) is -1.55. The number of rotatable bonds is 4. The van der Waals surface area contributed by atoms with Gasteiger partial charge in [-0.15, -0.1) is 0 Å². The van der Waals surface area contributed by atoms with Gasteiger partial charge in [0.2, 0.25) is 0 Å². The molecular weight excluding hydrogens is 274 g/mol. The lowest BCUT2D eigenvalue weighted by molar-refractivity contribution is -0.142. The van der Waals surface area contributed by atoms with Crippen LogP contribution >= 0.6 is 0 Å². The minimum absolute atomic E-state index is 0.138. The maximum Gasteiger partial charge on any atom is 0.317 e. The smallest absolute Gasteiger partial charge is 0.317 e. The lowest BCUT2D eigenvalue weighted by Crippen LogP contribution is -2.54. The molecule has 120 valence electrons. The van der Waals surface area contributed by atoms with Gasteiger partial charge in [-0.05, 0) is 25.9 Å². The molecule has 2 amide bonds. The van der Waals surface area contributed by atoms with E-state index in [0.29, 0.717) is 0 Å². The molecule has 2 saturated heterocycles. The van der Waals surface area contributed by atoms with Crippen molar-refractivity contribution in [2.45, 2.75) is 31.8 Å². The molecule has 2 fully saturated rings. The summed E-state index contributed by atoms with van der Waals surface area (Å²) < 4.78 is 5.22. The van der Waals surface area contributed by atoms with Crippen LogP contribution in [0.1, 0.15) is 19.8 Å². The number of carbonyl (C=O) groups excluding carboxylic acids is 1. The maximum absolute atomic E-state index is 12.3. The molecule has 7 nitrogen and oxygen atoms in total. The second kappa shape index (κ2) is 7.09. The van der Waals surface area contributed by atoms with Crippen molar-refractivity contribution in [2.75, 3.05) is 39.9 Å². The van der Waals surface area contributed by atoms with E-state index in [1.54, 1.807) is 7.05 Å². The van der Waals surface area contributed by atoms with E-state index < -0.39 is 17.9 Å². The highest BCUT2D eigenvalue weighted by molar-refractivity contribution is 5.77. The van der Waals surface area contributed by atoms with E-state index in [1.807, 2.05) is 0 Å². The highest BCUT2D eigenvalue weighted by Gasteiger charge is 2.39. The Morgan fingerprint density at radius 2 is 2.19 bits per heavy atom. The fourth-order valence-electron chi connectivity index (χ4n) is 3.05. The van der Waals surface area contributed by atoms with Crippen LogP contribution in [0.4, 0.5) is 4.79 Å². The van der Waals surface area contributed by atoms with Crippen LogP contribution in [0.5, 0.6) is 0 Å². The number of hydrogen-bond donors (Lipinski definition) is 2. The monoisotopic (exact) mass is 299 g/mol. The number of carboxylic acids is 1. The summed E-state index contributed by atoms with van der Waals surface area (Å²) in [6.45, 7) is 5.50. The van der Waals surface area contributed by atoms with Crippen LogP contribution in [0.3, 0.4) is 0 Å². The van der Waals surface area contributed by atoms with E-state index in [2.05, 4.69) is 17.1 Å². The van der Waals surface area contributed by atoms with E-state index in [-0.39, 0.29) is 25.3 Å². The summed E-state index contributed by atoms with van der Waals surface area (Å²) in [4.78, 5) is 27.3. The first-order valence-electron chi connectivity index (χ1n) is 7.59. The Kier molecular flexibility index (Phi) is 5.41. The van der Waals surface area contributed by atoms with E-state index >= 15 is 0 Å². The Morgan fingerprint density at radius 3 is 2.86 bits per heavy atom. The van der Waals surface area contributed by atoms with Crippen LogP contribution in [0.25, 0.3) is 0 Å². The molecule has 0 aliphatic carbocycles. The van der Waals surface area contributed by atoms with Gasteiger partial charge in [0.15, 0.2) is 0 Å². The molecular formula is C14H25N3O4. The van der Waals surface area contributed by atoms with Gasteiger partial charge < -0.3 is 25.0 Å². The molecule has 0 aromatic carbocycles. The Hall–Kier alpha value is -1.34. The number of aliphatic carboxylic acids is 1. The van der Waals surface area contributed by atoms with Crippen molar-refractivity contribution in [3.63, 3.8) is 0 Å². The first kappa shape index (κ1) is 16.0. The molecule has 2 aliphatic rings. The lowest BCUT2D eigenvalue weighted by atomic mass is 10.0. The number of likely N-dealkylation sites (tertiary alicyclic amines) is 1. The van der Waals surface area contributed by atoms with E-state index in [9.17, 15) is 9.59 Å². The first-order chi connectivity index (χ1) is 10.0. The molecule has 2 N–H and O–H groups in total. The quantitative estimate of drug-likeness (QED) is 0.775. The molecule has 7 heteroatoms. The van der Waals surface area contributed by atoms with Gasteiger partial charge in [0.05, 0.1) is 19.3 Å². The van der Waals surface area contributed by atoms with Gasteiger partial charge in [-0.3, -0.25) is 4.79 Å². The number of hydrogen-bond acceptors (Lipinski definition) is 4. The summed E-state index contributed by atoms with van der Waals surface area (Å²) >= 11 is 0. The first-order valence-corrected chi connectivity index (χ1v) is 7.59. The van der Waals surface area contributed by atoms with Gasteiger partial charge in [-0.25, -0.2) is 4.79 Å². The third kappa shape index (κ3) is 3.85. The van der Waals surface area contributed by atoms with Gasteiger partial charge in [0.1, 0.15) is 5.92 Å². The summed E-state index contributed by atoms with van der Waals surface area (Å²) in [6.07, 6.45) is 2.05. The molecule has 0 aromatic heterocycles. The molecule has 3 unspecified atom stereocenters. The Labute approximate surface area is 125 Å². The number of likely N-dealkylation sites (N-methyl/N-ethyl adjacent to an activating group) is 2. The highest BCUT2D eigenvalue weighted by Crippen LogP contribution is 2.19. The molecule has 3 atom stereocenters. The lowest BCUT2D eigenvalue weighted by Gasteiger charge is -2.34. The number of carboxylic acid groups (broad SMARTS) is 1. The van der Waals surface area contributed by atoms with E-state index in [4.69, 9.17) is 9.84 Å². The zero-order valence-corrected chi connectivity index (χ0v) is 12.7. The van der Waals surface area contributed by atoms with Gasteiger partial charge in [-0.2, -0.15) is 0 Å². The minimum atomic E-state index is -0.910. The fourth-order valence-corrected chi connectivity index (χ4v) is 3.05. The van der Waals surface area contributed by atoms with Crippen molar-refractivity contribution in [1.82, 2.24) is 15.1 Å². The third-order valence-electron chi connectivity index (χ3n) is 4.47. The van der Waals surface area contributed by atoms with E-state index in [1.165, 1.54) is 4.90 Å². The van der Waals surface area contributed by atoms with Crippen molar-refractivity contribution in [3.8, 4) is 0 Å². The molecule has 0 spiro atoms. The normalized spacial score (nSPS) is 30.1. The molecule has 0 saturated carbocycles. The standard InChI is InChI=1S/C14H25N3O4/c1-3-17-6-4-5-10(7-17)15-14(20)16(2)12-9-21-8-11(12)13(18)19/h10-12H,3-9H2,1-2H3,(H,15,20)(H,18,19). The number of amides is 2. The molecule has 2 rings (SSSR count). The zero-order valence-electron chi connectivity index (χ0n) is 12.7. The van der Waals surface area contributed by atoms with E-state index in [0.717, 1.165) is 32.5 Å². The molecule has 0 aromatic rings. The Balaban J connectivity index is 1.88. The topological polar surface area (TPSA) is 82.1 Å². The van der Waals surface area contributed by atoms with Crippen molar-refractivity contribution >= 4 is 12.0 Å². The summed E-state index contributed by atoms with van der Waals surface area (Å²) in [7, 11) is 1.64. The summed E-state index contributed by atoms with van der Waals surface area (Å²) in [5, 5.41) is 12.2. The molecule has 0 radical (unpaired) electrons. The summed E-state index contributed by atoms with van der Waals surface area (Å²) in [6, 6.07) is -0.465. The molecule has 0 bridgehead atoms. The largest absolute Gasteiger partial charge is 0.481 e. The van der Waals surface area contributed by atoms with Crippen LogP contribution in [0.15, 0.2) is 0 Å². The predicted molar refractivity (Wildman–Crippen MR) is 77.2 cm³/mol. The minimum Gasteiger partial charge on any atom is -0.481 e. The number of urea groups is 1. The third-order valence-corrected chi connectivity index (χ3v) is 4.47. The van der Waals surface area contributed by atoms with Gasteiger partial charge >= 0.3 is 12.0 Å². The van der Waals surface area contributed by atoms with Crippen LogP contribution in [-0.4, -0.2) is 78.9 Å². The number of nitrogens with one attached hydrogen (secondary N) is 1. The number of piperidine rings is 1. The van der Waals surface area contributed by atoms with Crippen LogP contribution in [-0.2, 0) is 9.53 Å². The SMILES string of the molecule is CCN1CCCC(NC(=O)N(C)C2COCC2C(=O)O)C1. The summed E-state index contributed by atoms with van der Waals surface area (Å²) in [5.41, 5.74) is 0. The van der Waals surface area contributed by atoms with Crippen LogP contribution < -0.4 is 5.32 Å². The zero-order chi connectivity index (χ0) is 15.4. The number of nitrogens with zero attached hydrogens (tertiary/aromatic N) is 2. The van der Waals surface area contributed by atoms with Crippen molar-refractivity contribution < 1.29 is 19.4 Å². The average molecular weight is 299 g/mol. The second-order valence-corrected chi connectivity index (χ2v) is 5.84. The van der Waals surface area contributed by atoms with Crippen LogP contribution in [0.2, 0.25) is 0 Å². The predicted octanol–water partition coefficient (Wildman–Crippen LogP) is 0.212. The Bertz CT molecular complexity index is 390. The molecule has 2 heterocycles. The number of carbonyl (C=O) groups is 2. The molecule has 2 aliphatic heterocycles. The number of ether oxygens (including phenoxy) is 1. The van der Waals surface area contributed by atoms with Gasteiger partial charge in [0.25, 0.3) is 0 Å².